The predicted molar refractivity (Wildman–Crippen MR) is 98.2 cm³/mol. The Labute approximate surface area is 142 Å². The lowest BCUT2D eigenvalue weighted by Crippen LogP contribution is -2.06. The highest BCUT2D eigenvalue weighted by Crippen LogP contribution is 2.28. The molecule has 0 radical (unpaired) electrons. The van der Waals surface area contributed by atoms with E-state index in [9.17, 15) is 0 Å². The van der Waals surface area contributed by atoms with Crippen LogP contribution < -0.4 is 14.8 Å². The summed E-state index contributed by atoms with van der Waals surface area (Å²) < 4.78 is 10.6. The highest BCUT2D eigenvalue weighted by molar-refractivity contribution is 5.92. The van der Waals surface area contributed by atoms with Crippen LogP contribution in [0.4, 0.5) is 5.69 Å². The molecule has 0 aliphatic heterocycles. The van der Waals surface area contributed by atoms with Gasteiger partial charge in [-0.05, 0) is 42.7 Å². The number of hydrogen-bond donors (Lipinski definition) is 1. The molecule has 24 heavy (non-hydrogen) atoms. The zero-order chi connectivity index (χ0) is 16.9. The normalized spacial score (nSPS) is 10.6. The maximum absolute atomic E-state index is 5.36. The average molecular weight is 322 g/mol. The number of hydrogen-bond acceptors (Lipinski definition) is 4. The molecule has 1 N–H and O–H groups in total. The van der Waals surface area contributed by atoms with Crippen LogP contribution in [0, 0.1) is 6.92 Å². The standard InChI is InChI=1S/C20H22N2O2/c1-14-5-4-6-16-17(10-12-22-20(14)16)21-11-9-15-7-8-18(23-2)19(13-15)24-3/h4-8,10,12-13H,9,11H2,1-3H3,(H,21,22). The van der Waals surface area contributed by atoms with Gasteiger partial charge in [-0.1, -0.05) is 24.3 Å². The topological polar surface area (TPSA) is 43.4 Å². The number of anilines is 1. The molecule has 4 nitrogen and oxygen atoms in total. The Morgan fingerprint density at radius 2 is 1.83 bits per heavy atom. The van der Waals surface area contributed by atoms with E-state index in [-0.39, 0.29) is 0 Å². The molecule has 1 heterocycles. The lowest BCUT2D eigenvalue weighted by atomic mass is 10.1. The van der Waals surface area contributed by atoms with Crippen molar-refractivity contribution in [2.24, 2.45) is 0 Å². The molecule has 0 saturated heterocycles. The van der Waals surface area contributed by atoms with Crippen molar-refractivity contribution in [1.29, 1.82) is 0 Å². The molecule has 2 aromatic carbocycles. The Bertz CT molecular complexity index is 846. The Balaban J connectivity index is 1.72. The largest absolute Gasteiger partial charge is 0.493 e. The number of aromatic nitrogens is 1. The van der Waals surface area contributed by atoms with Crippen LogP contribution in [-0.4, -0.2) is 25.7 Å². The summed E-state index contributed by atoms with van der Waals surface area (Å²) in [5.74, 6) is 1.52. The van der Waals surface area contributed by atoms with Crippen molar-refractivity contribution >= 4 is 16.6 Å². The summed E-state index contributed by atoms with van der Waals surface area (Å²) in [7, 11) is 3.31. The summed E-state index contributed by atoms with van der Waals surface area (Å²) in [5, 5.41) is 4.67. The molecule has 1 aromatic heterocycles. The third kappa shape index (κ3) is 3.27. The fraction of sp³-hybridized carbons (Fsp3) is 0.250. The molecule has 0 bridgehead atoms. The second-order valence-electron chi connectivity index (χ2n) is 5.70. The van der Waals surface area contributed by atoms with Gasteiger partial charge in [-0.25, -0.2) is 0 Å². The first-order chi connectivity index (χ1) is 11.7. The minimum atomic E-state index is 0.754. The van der Waals surface area contributed by atoms with E-state index >= 15 is 0 Å². The van der Waals surface area contributed by atoms with Gasteiger partial charge in [0.25, 0.3) is 0 Å². The number of methoxy groups -OCH3 is 2. The van der Waals surface area contributed by atoms with Gasteiger partial charge >= 0.3 is 0 Å². The highest BCUT2D eigenvalue weighted by Gasteiger charge is 2.06. The Morgan fingerprint density at radius 3 is 2.62 bits per heavy atom. The summed E-state index contributed by atoms with van der Waals surface area (Å²) in [6.45, 7) is 2.92. The third-order valence-corrected chi connectivity index (χ3v) is 4.15. The summed E-state index contributed by atoms with van der Waals surface area (Å²) >= 11 is 0. The van der Waals surface area contributed by atoms with E-state index in [1.54, 1.807) is 14.2 Å². The van der Waals surface area contributed by atoms with Crippen LogP contribution in [-0.2, 0) is 6.42 Å². The fourth-order valence-corrected chi connectivity index (χ4v) is 2.86. The van der Waals surface area contributed by atoms with Gasteiger partial charge in [0, 0.05) is 23.8 Å². The van der Waals surface area contributed by atoms with Crippen LogP contribution in [0.5, 0.6) is 11.5 Å². The molecule has 0 amide bonds. The monoisotopic (exact) mass is 322 g/mol. The smallest absolute Gasteiger partial charge is 0.160 e. The minimum absolute atomic E-state index is 0.754. The molecule has 3 rings (SSSR count). The van der Waals surface area contributed by atoms with Crippen LogP contribution in [0.3, 0.4) is 0 Å². The molecule has 0 spiro atoms. The van der Waals surface area contributed by atoms with Crippen LogP contribution in [0.1, 0.15) is 11.1 Å². The van der Waals surface area contributed by atoms with Gasteiger partial charge < -0.3 is 14.8 Å². The summed E-state index contributed by atoms with van der Waals surface area (Å²) in [5.41, 5.74) is 4.56. The van der Waals surface area contributed by atoms with Crippen LogP contribution in [0.2, 0.25) is 0 Å². The van der Waals surface area contributed by atoms with E-state index in [0.717, 1.165) is 41.1 Å². The second kappa shape index (κ2) is 7.21. The van der Waals surface area contributed by atoms with E-state index in [0.29, 0.717) is 0 Å². The van der Waals surface area contributed by atoms with Crippen LogP contribution in [0.25, 0.3) is 10.9 Å². The molecular weight excluding hydrogens is 300 g/mol. The minimum Gasteiger partial charge on any atom is -0.493 e. The Hall–Kier alpha value is -2.75. The van der Waals surface area contributed by atoms with E-state index in [2.05, 4.69) is 41.5 Å². The first-order valence-electron chi connectivity index (χ1n) is 8.02. The van der Waals surface area contributed by atoms with E-state index in [4.69, 9.17) is 9.47 Å². The first-order valence-corrected chi connectivity index (χ1v) is 8.02. The lowest BCUT2D eigenvalue weighted by Gasteiger charge is -2.12. The van der Waals surface area contributed by atoms with Gasteiger partial charge in [0.1, 0.15) is 0 Å². The van der Waals surface area contributed by atoms with Gasteiger partial charge in [0.05, 0.1) is 19.7 Å². The molecule has 0 aliphatic carbocycles. The molecule has 3 aromatic rings. The van der Waals surface area contributed by atoms with Gasteiger partial charge in [0.15, 0.2) is 11.5 Å². The molecule has 4 heteroatoms. The predicted octanol–water partition coefficient (Wildman–Crippen LogP) is 4.22. The number of nitrogens with zero attached hydrogens (tertiary/aromatic N) is 1. The molecule has 0 fully saturated rings. The molecule has 0 aliphatic rings. The molecule has 0 saturated carbocycles. The maximum atomic E-state index is 5.36. The van der Waals surface area contributed by atoms with Crippen molar-refractivity contribution < 1.29 is 9.47 Å². The Kier molecular flexibility index (Phi) is 4.85. The number of pyridine rings is 1. The summed E-state index contributed by atoms with van der Waals surface area (Å²) in [6, 6.07) is 14.3. The molecule has 0 atom stereocenters. The maximum Gasteiger partial charge on any atom is 0.160 e. The third-order valence-electron chi connectivity index (χ3n) is 4.15. The number of rotatable bonds is 6. The first kappa shape index (κ1) is 16.1. The highest BCUT2D eigenvalue weighted by atomic mass is 16.5. The van der Waals surface area contributed by atoms with Gasteiger partial charge in [-0.15, -0.1) is 0 Å². The SMILES string of the molecule is COc1ccc(CCNc2ccnc3c(C)cccc23)cc1OC. The lowest BCUT2D eigenvalue weighted by molar-refractivity contribution is 0.354. The van der Waals surface area contributed by atoms with Gasteiger partial charge in [-0.3, -0.25) is 4.98 Å². The van der Waals surface area contributed by atoms with Gasteiger partial charge in [-0.2, -0.15) is 0 Å². The van der Waals surface area contributed by atoms with Crippen LogP contribution in [0.15, 0.2) is 48.7 Å². The zero-order valence-corrected chi connectivity index (χ0v) is 14.3. The van der Waals surface area contributed by atoms with Crippen molar-refractivity contribution in [1.82, 2.24) is 4.98 Å². The second-order valence-corrected chi connectivity index (χ2v) is 5.70. The summed E-state index contributed by atoms with van der Waals surface area (Å²) in [4.78, 5) is 4.48. The summed E-state index contributed by atoms with van der Waals surface area (Å²) in [6.07, 6.45) is 2.75. The van der Waals surface area contributed by atoms with Crippen molar-refractivity contribution in [3.05, 3.63) is 59.8 Å². The number of nitrogens with one attached hydrogen (secondary N) is 1. The fourth-order valence-electron chi connectivity index (χ4n) is 2.86. The van der Waals surface area contributed by atoms with Crippen molar-refractivity contribution in [3.8, 4) is 11.5 Å². The zero-order valence-electron chi connectivity index (χ0n) is 14.3. The molecule has 0 unspecified atom stereocenters. The number of fused-ring (bicyclic) bond motifs is 1. The number of para-hydroxylation sites is 1. The van der Waals surface area contributed by atoms with Crippen molar-refractivity contribution in [3.63, 3.8) is 0 Å². The number of ether oxygens (including phenoxy) is 2. The molecular formula is C20H22N2O2. The molecule has 124 valence electrons. The van der Waals surface area contributed by atoms with Gasteiger partial charge in [0.2, 0.25) is 0 Å². The number of aryl methyl sites for hydroxylation is 1. The number of benzene rings is 2. The van der Waals surface area contributed by atoms with E-state index < -0.39 is 0 Å². The van der Waals surface area contributed by atoms with E-state index in [1.165, 1.54) is 11.1 Å². The van der Waals surface area contributed by atoms with Crippen molar-refractivity contribution in [2.45, 2.75) is 13.3 Å². The van der Waals surface area contributed by atoms with Crippen molar-refractivity contribution in [2.75, 3.05) is 26.1 Å². The van der Waals surface area contributed by atoms with Crippen LogP contribution >= 0.6 is 0 Å². The quantitative estimate of drug-likeness (QED) is 0.738. The van der Waals surface area contributed by atoms with E-state index in [1.807, 2.05) is 24.4 Å². The Morgan fingerprint density at radius 1 is 1.00 bits per heavy atom. The average Bonchev–Trinajstić information content (AvgIpc) is 2.62.